The minimum absolute atomic E-state index is 0.113. The van der Waals surface area contributed by atoms with Crippen LogP contribution in [0.5, 0.6) is 0 Å². The van der Waals surface area contributed by atoms with Gasteiger partial charge >= 0.3 is 0 Å². The first-order valence-electron chi connectivity index (χ1n) is 4.97. The molecule has 3 nitrogen and oxygen atoms in total. The third kappa shape index (κ3) is 3.77. The molecule has 13 heavy (non-hydrogen) atoms. The van der Waals surface area contributed by atoms with Gasteiger partial charge in [-0.1, -0.05) is 20.8 Å². The average molecular weight is 184 g/mol. The molecule has 76 valence electrons. The van der Waals surface area contributed by atoms with Gasteiger partial charge in [0.15, 0.2) is 0 Å². The molecule has 0 bridgehead atoms. The average Bonchev–Trinajstić information content (AvgIpc) is 2.03. The number of piperazine rings is 1. The van der Waals surface area contributed by atoms with Gasteiger partial charge in [0.2, 0.25) is 5.91 Å². The monoisotopic (exact) mass is 184 g/mol. The number of hydrogen-bond acceptors (Lipinski definition) is 2. The zero-order chi connectivity index (χ0) is 9.90. The summed E-state index contributed by atoms with van der Waals surface area (Å²) in [6.45, 7) is 9.93. The van der Waals surface area contributed by atoms with E-state index in [9.17, 15) is 4.79 Å². The lowest BCUT2D eigenvalue weighted by molar-refractivity contribution is -0.133. The van der Waals surface area contributed by atoms with Crippen LogP contribution in [-0.2, 0) is 4.79 Å². The normalized spacial score (nSPS) is 18.8. The van der Waals surface area contributed by atoms with Gasteiger partial charge in [-0.05, 0) is 5.41 Å². The molecule has 0 aromatic heterocycles. The Morgan fingerprint density at radius 3 is 2.31 bits per heavy atom. The van der Waals surface area contributed by atoms with Gasteiger partial charge in [0.05, 0.1) is 0 Å². The van der Waals surface area contributed by atoms with Crippen molar-refractivity contribution in [2.24, 2.45) is 5.41 Å². The summed E-state index contributed by atoms with van der Waals surface area (Å²) >= 11 is 0. The summed E-state index contributed by atoms with van der Waals surface area (Å²) in [5.41, 5.74) is 0.113. The minimum atomic E-state index is 0.113. The molecule has 1 N–H and O–H groups in total. The lowest BCUT2D eigenvalue weighted by atomic mass is 9.91. The van der Waals surface area contributed by atoms with Gasteiger partial charge in [0.1, 0.15) is 0 Å². The second-order valence-corrected chi connectivity index (χ2v) is 4.87. The Hall–Kier alpha value is -0.570. The number of carbonyl (C=O) groups is 1. The molecule has 0 aromatic rings. The van der Waals surface area contributed by atoms with E-state index in [1.54, 1.807) is 0 Å². The highest BCUT2D eigenvalue weighted by Gasteiger charge is 2.21. The summed E-state index contributed by atoms with van der Waals surface area (Å²) in [6, 6.07) is 0. The Morgan fingerprint density at radius 1 is 1.31 bits per heavy atom. The summed E-state index contributed by atoms with van der Waals surface area (Å²) in [4.78, 5) is 13.7. The van der Waals surface area contributed by atoms with Gasteiger partial charge in [-0.25, -0.2) is 0 Å². The molecule has 1 aliphatic heterocycles. The number of hydrogen-bond donors (Lipinski definition) is 1. The van der Waals surface area contributed by atoms with Crippen LogP contribution in [0.1, 0.15) is 27.2 Å². The largest absolute Gasteiger partial charge is 0.340 e. The Morgan fingerprint density at radius 2 is 1.85 bits per heavy atom. The van der Waals surface area contributed by atoms with Crippen molar-refractivity contribution in [1.82, 2.24) is 10.2 Å². The van der Waals surface area contributed by atoms with E-state index in [1.807, 2.05) is 4.90 Å². The first-order valence-corrected chi connectivity index (χ1v) is 4.97. The smallest absolute Gasteiger partial charge is 0.223 e. The number of carbonyl (C=O) groups excluding carboxylic acids is 1. The van der Waals surface area contributed by atoms with E-state index in [4.69, 9.17) is 0 Å². The highest BCUT2D eigenvalue weighted by Crippen LogP contribution is 2.19. The lowest BCUT2D eigenvalue weighted by Crippen LogP contribution is -2.47. The molecule has 0 atom stereocenters. The standard InChI is InChI=1S/C10H20N2O/c1-10(2,3)8-9(13)12-6-4-11-5-7-12/h11H,4-8H2,1-3H3. The molecule has 1 fully saturated rings. The van der Waals surface area contributed by atoms with Crippen LogP contribution in [0.15, 0.2) is 0 Å². The molecule has 0 spiro atoms. The van der Waals surface area contributed by atoms with Crippen molar-refractivity contribution in [3.05, 3.63) is 0 Å². The number of amides is 1. The molecule has 0 unspecified atom stereocenters. The maximum Gasteiger partial charge on any atom is 0.223 e. The van der Waals surface area contributed by atoms with E-state index in [-0.39, 0.29) is 5.41 Å². The maximum absolute atomic E-state index is 11.7. The topological polar surface area (TPSA) is 32.3 Å². The Bertz CT molecular complexity index is 178. The van der Waals surface area contributed by atoms with Crippen molar-refractivity contribution in [2.45, 2.75) is 27.2 Å². The fourth-order valence-electron chi connectivity index (χ4n) is 1.48. The Labute approximate surface area is 80.5 Å². The van der Waals surface area contributed by atoms with Crippen LogP contribution in [0.3, 0.4) is 0 Å². The van der Waals surface area contributed by atoms with Crippen molar-refractivity contribution in [3.63, 3.8) is 0 Å². The quantitative estimate of drug-likeness (QED) is 0.655. The molecule has 0 aromatic carbocycles. The van der Waals surface area contributed by atoms with Crippen molar-refractivity contribution in [3.8, 4) is 0 Å². The summed E-state index contributed by atoms with van der Waals surface area (Å²) in [5, 5.41) is 3.24. The van der Waals surface area contributed by atoms with Gasteiger partial charge in [-0.15, -0.1) is 0 Å². The predicted octanol–water partition coefficient (Wildman–Crippen LogP) is 0.854. The molecular formula is C10H20N2O. The van der Waals surface area contributed by atoms with Gasteiger partial charge in [-0.2, -0.15) is 0 Å². The molecule has 0 radical (unpaired) electrons. The molecule has 0 saturated carbocycles. The summed E-state index contributed by atoms with van der Waals surface area (Å²) in [7, 11) is 0. The minimum Gasteiger partial charge on any atom is -0.340 e. The highest BCUT2D eigenvalue weighted by atomic mass is 16.2. The van der Waals surface area contributed by atoms with Crippen molar-refractivity contribution in [2.75, 3.05) is 26.2 Å². The molecule has 1 saturated heterocycles. The fraction of sp³-hybridized carbons (Fsp3) is 0.900. The molecular weight excluding hydrogens is 164 g/mol. The van der Waals surface area contributed by atoms with Crippen LogP contribution in [0.25, 0.3) is 0 Å². The van der Waals surface area contributed by atoms with Gasteiger partial charge < -0.3 is 10.2 Å². The molecule has 1 amide bonds. The molecule has 0 aliphatic carbocycles. The first kappa shape index (κ1) is 10.5. The first-order chi connectivity index (χ1) is 5.99. The van der Waals surface area contributed by atoms with Crippen molar-refractivity contribution in [1.29, 1.82) is 0 Å². The zero-order valence-corrected chi connectivity index (χ0v) is 8.89. The van der Waals surface area contributed by atoms with Gasteiger partial charge in [0, 0.05) is 32.6 Å². The molecule has 3 heteroatoms. The fourth-order valence-corrected chi connectivity index (χ4v) is 1.48. The third-order valence-electron chi connectivity index (χ3n) is 2.15. The second-order valence-electron chi connectivity index (χ2n) is 4.87. The van der Waals surface area contributed by atoms with E-state index >= 15 is 0 Å². The van der Waals surface area contributed by atoms with Gasteiger partial charge in [-0.3, -0.25) is 4.79 Å². The number of nitrogens with one attached hydrogen (secondary N) is 1. The number of nitrogens with zero attached hydrogens (tertiary/aromatic N) is 1. The van der Waals surface area contributed by atoms with Crippen LogP contribution in [-0.4, -0.2) is 37.0 Å². The second kappa shape index (κ2) is 4.09. The predicted molar refractivity (Wildman–Crippen MR) is 53.5 cm³/mol. The molecule has 1 aliphatic rings. The van der Waals surface area contributed by atoms with Gasteiger partial charge in [0.25, 0.3) is 0 Å². The van der Waals surface area contributed by atoms with Crippen LogP contribution >= 0.6 is 0 Å². The van der Waals surface area contributed by atoms with E-state index in [2.05, 4.69) is 26.1 Å². The molecule has 1 heterocycles. The lowest BCUT2D eigenvalue weighted by Gasteiger charge is -2.30. The maximum atomic E-state index is 11.7. The third-order valence-corrected chi connectivity index (χ3v) is 2.15. The summed E-state index contributed by atoms with van der Waals surface area (Å²) in [6.07, 6.45) is 0.660. The highest BCUT2D eigenvalue weighted by molar-refractivity contribution is 5.76. The molecule has 1 rings (SSSR count). The van der Waals surface area contributed by atoms with Crippen LogP contribution in [0, 0.1) is 5.41 Å². The number of rotatable bonds is 1. The van der Waals surface area contributed by atoms with E-state index in [1.165, 1.54) is 0 Å². The van der Waals surface area contributed by atoms with Crippen molar-refractivity contribution < 1.29 is 4.79 Å². The van der Waals surface area contributed by atoms with Crippen LogP contribution in [0.4, 0.5) is 0 Å². The Kier molecular flexibility index (Phi) is 3.31. The van der Waals surface area contributed by atoms with E-state index in [0.717, 1.165) is 26.2 Å². The summed E-state index contributed by atoms with van der Waals surface area (Å²) < 4.78 is 0. The zero-order valence-electron chi connectivity index (χ0n) is 8.89. The van der Waals surface area contributed by atoms with Crippen molar-refractivity contribution >= 4 is 5.91 Å². The van der Waals surface area contributed by atoms with Crippen LogP contribution < -0.4 is 5.32 Å². The Balaban J connectivity index is 2.38. The van der Waals surface area contributed by atoms with E-state index < -0.39 is 0 Å². The summed E-state index contributed by atoms with van der Waals surface area (Å²) in [5.74, 6) is 0.300. The van der Waals surface area contributed by atoms with Crippen LogP contribution in [0.2, 0.25) is 0 Å². The SMILES string of the molecule is CC(C)(C)CC(=O)N1CCNCC1. The van der Waals surface area contributed by atoms with E-state index in [0.29, 0.717) is 12.3 Å².